The van der Waals surface area contributed by atoms with Crippen molar-refractivity contribution in [2.24, 2.45) is 15.9 Å². The summed E-state index contributed by atoms with van der Waals surface area (Å²) in [5.41, 5.74) is 11.2. The molecule has 0 unspecified atom stereocenters. The zero-order valence-corrected chi connectivity index (χ0v) is 7.77. The zero-order chi connectivity index (χ0) is 9.80. The largest absolute Gasteiger partial charge is 0.388 e. The topological polar surface area (TPSA) is 62.8 Å². The Bertz CT molecular complexity index is 381. The lowest BCUT2D eigenvalue weighted by Gasteiger charge is -1.98. The number of nitrogens with zero attached hydrogens (tertiary/aromatic N) is 2. The van der Waals surface area contributed by atoms with Crippen molar-refractivity contribution in [3.8, 4) is 0 Å². The van der Waals surface area contributed by atoms with E-state index < -0.39 is 0 Å². The maximum Gasteiger partial charge on any atom is 0.108 e. The fourth-order valence-electron chi connectivity index (χ4n) is 1.65. The molecule has 14 heavy (non-hydrogen) atoms. The second-order valence-electron chi connectivity index (χ2n) is 3.09. The van der Waals surface area contributed by atoms with Crippen molar-refractivity contribution in [2.75, 3.05) is 0 Å². The van der Waals surface area contributed by atoms with E-state index in [9.17, 15) is 0 Å². The molecule has 0 saturated carbocycles. The second kappa shape index (κ2) is 3.91. The molecule has 1 aliphatic carbocycles. The van der Waals surface area contributed by atoms with Crippen LogP contribution >= 0.6 is 0 Å². The number of rotatable bonds is 2. The number of hydrogen-bond acceptors (Lipinski definition) is 3. The predicted octanol–water partition coefficient (Wildman–Crippen LogP) is 0.828. The summed E-state index contributed by atoms with van der Waals surface area (Å²) >= 11 is 0. The summed E-state index contributed by atoms with van der Waals surface area (Å²) < 4.78 is 0. The van der Waals surface area contributed by atoms with Crippen molar-refractivity contribution >= 4 is 12.1 Å². The van der Waals surface area contributed by atoms with Crippen molar-refractivity contribution in [1.82, 2.24) is 5.53 Å². The number of benzene rings is 1. The van der Waals surface area contributed by atoms with Gasteiger partial charge in [0.2, 0.25) is 0 Å². The Kier molecular flexibility index (Phi) is 2.44. The molecule has 0 aliphatic heterocycles. The lowest BCUT2D eigenvalue weighted by molar-refractivity contribution is 0.807. The van der Waals surface area contributed by atoms with Crippen LogP contribution in [-0.4, -0.2) is 12.1 Å². The van der Waals surface area contributed by atoms with Crippen LogP contribution in [0.15, 0.2) is 34.5 Å². The van der Waals surface area contributed by atoms with E-state index in [1.807, 2.05) is 12.1 Å². The Morgan fingerprint density at radius 2 is 2.14 bits per heavy atom. The SMILES string of the molecule is N/C=N\N/N=C1\CCc2ccccc21. The van der Waals surface area contributed by atoms with Crippen molar-refractivity contribution in [3.05, 3.63) is 35.4 Å². The smallest absolute Gasteiger partial charge is 0.108 e. The summed E-state index contributed by atoms with van der Waals surface area (Å²) in [6.45, 7) is 0. The Morgan fingerprint density at radius 3 is 3.00 bits per heavy atom. The number of aryl methyl sites for hydroxylation is 1. The first kappa shape index (κ1) is 8.74. The van der Waals surface area contributed by atoms with E-state index in [0.29, 0.717) is 0 Å². The average Bonchev–Trinajstić information content (AvgIpc) is 2.63. The standard InChI is InChI=1S/C10H12N4/c11-7-12-14-13-10-6-5-8-3-1-2-4-9(8)10/h1-4,7,14H,5-6H2,(H2,11,12)/b13-10+. The third-order valence-electron chi connectivity index (χ3n) is 2.28. The minimum absolute atomic E-state index is 0.965. The van der Waals surface area contributed by atoms with Crippen LogP contribution in [0.2, 0.25) is 0 Å². The summed E-state index contributed by atoms with van der Waals surface area (Å²) in [6, 6.07) is 8.28. The molecule has 0 saturated heterocycles. The molecule has 1 aromatic rings. The van der Waals surface area contributed by atoms with Gasteiger partial charge in [-0.15, -0.1) is 5.10 Å². The summed E-state index contributed by atoms with van der Waals surface area (Å²) in [7, 11) is 0. The first-order chi connectivity index (χ1) is 6.92. The maximum atomic E-state index is 5.08. The normalized spacial score (nSPS) is 17.6. The van der Waals surface area contributed by atoms with E-state index in [1.165, 1.54) is 17.5 Å². The van der Waals surface area contributed by atoms with Crippen molar-refractivity contribution in [2.45, 2.75) is 12.8 Å². The quantitative estimate of drug-likeness (QED) is 0.410. The molecular formula is C10H12N4. The van der Waals surface area contributed by atoms with Crippen LogP contribution in [0.4, 0.5) is 0 Å². The van der Waals surface area contributed by atoms with Gasteiger partial charge in [-0.05, 0) is 18.4 Å². The molecule has 0 amide bonds. The summed E-state index contributed by atoms with van der Waals surface area (Å²) in [5.74, 6) is 0. The van der Waals surface area contributed by atoms with Gasteiger partial charge in [-0.3, -0.25) is 0 Å². The highest BCUT2D eigenvalue weighted by molar-refractivity contribution is 6.04. The van der Waals surface area contributed by atoms with Crippen LogP contribution in [0.25, 0.3) is 0 Å². The Labute approximate surface area is 82.5 Å². The van der Waals surface area contributed by atoms with Gasteiger partial charge >= 0.3 is 0 Å². The number of hydrogen-bond donors (Lipinski definition) is 2. The van der Waals surface area contributed by atoms with Crippen LogP contribution in [-0.2, 0) is 6.42 Å². The van der Waals surface area contributed by atoms with Crippen LogP contribution in [0.1, 0.15) is 17.5 Å². The van der Waals surface area contributed by atoms with Crippen LogP contribution in [0, 0.1) is 0 Å². The molecule has 0 atom stereocenters. The third kappa shape index (κ3) is 1.59. The minimum atomic E-state index is 0.965. The lowest BCUT2D eigenvalue weighted by Crippen LogP contribution is -2.05. The molecule has 1 aliphatic rings. The van der Waals surface area contributed by atoms with E-state index in [4.69, 9.17) is 5.73 Å². The van der Waals surface area contributed by atoms with Gasteiger partial charge < -0.3 is 5.73 Å². The molecule has 4 nitrogen and oxygen atoms in total. The van der Waals surface area contributed by atoms with E-state index in [1.54, 1.807) is 0 Å². The molecule has 2 rings (SSSR count). The molecular weight excluding hydrogens is 176 g/mol. The Morgan fingerprint density at radius 1 is 1.29 bits per heavy atom. The average molecular weight is 188 g/mol. The molecule has 1 aromatic carbocycles. The third-order valence-corrected chi connectivity index (χ3v) is 2.28. The van der Waals surface area contributed by atoms with Gasteiger partial charge in [-0.1, -0.05) is 24.3 Å². The first-order valence-corrected chi connectivity index (χ1v) is 4.55. The van der Waals surface area contributed by atoms with Crippen molar-refractivity contribution < 1.29 is 0 Å². The second-order valence-corrected chi connectivity index (χ2v) is 3.09. The molecule has 0 aromatic heterocycles. The minimum Gasteiger partial charge on any atom is -0.388 e. The molecule has 0 bridgehead atoms. The molecule has 0 heterocycles. The van der Waals surface area contributed by atoms with Crippen LogP contribution in [0.3, 0.4) is 0 Å². The Hall–Kier alpha value is -1.84. The number of fused-ring (bicyclic) bond motifs is 1. The molecule has 0 fully saturated rings. The van der Waals surface area contributed by atoms with Gasteiger partial charge in [-0.2, -0.15) is 10.6 Å². The van der Waals surface area contributed by atoms with Crippen molar-refractivity contribution in [3.63, 3.8) is 0 Å². The summed E-state index contributed by atoms with van der Waals surface area (Å²) in [6.07, 6.45) is 3.21. The number of nitrogens with one attached hydrogen (secondary N) is 1. The molecule has 3 N–H and O–H groups in total. The molecule has 0 radical (unpaired) electrons. The zero-order valence-electron chi connectivity index (χ0n) is 7.77. The van der Waals surface area contributed by atoms with Gasteiger partial charge in [0.05, 0.1) is 5.71 Å². The fourth-order valence-corrected chi connectivity index (χ4v) is 1.65. The van der Waals surface area contributed by atoms with Gasteiger partial charge in [0.15, 0.2) is 0 Å². The Balaban J connectivity index is 2.21. The van der Waals surface area contributed by atoms with Gasteiger partial charge in [-0.25, -0.2) is 0 Å². The van der Waals surface area contributed by atoms with E-state index in [0.717, 1.165) is 18.6 Å². The summed E-state index contributed by atoms with van der Waals surface area (Å²) in [5, 5.41) is 7.77. The highest BCUT2D eigenvalue weighted by Gasteiger charge is 2.16. The predicted molar refractivity (Wildman–Crippen MR) is 57.1 cm³/mol. The molecule has 72 valence electrons. The van der Waals surface area contributed by atoms with E-state index in [-0.39, 0.29) is 0 Å². The van der Waals surface area contributed by atoms with Gasteiger partial charge in [0.1, 0.15) is 6.34 Å². The fraction of sp³-hybridized carbons (Fsp3) is 0.200. The van der Waals surface area contributed by atoms with E-state index in [2.05, 4.69) is 27.9 Å². The van der Waals surface area contributed by atoms with Gasteiger partial charge in [0.25, 0.3) is 0 Å². The highest BCUT2D eigenvalue weighted by atomic mass is 15.5. The first-order valence-electron chi connectivity index (χ1n) is 4.55. The van der Waals surface area contributed by atoms with Crippen LogP contribution < -0.4 is 11.3 Å². The number of nitrogens with two attached hydrogens (primary N) is 1. The van der Waals surface area contributed by atoms with Gasteiger partial charge in [0, 0.05) is 5.56 Å². The number of hydrazone groups is 2. The van der Waals surface area contributed by atoms with E-state index >= 15 is 0 Å². The lowest BCUT2D eigenvalue weighted by atomic mass is 10.1. The maximum absolute atomic E-state index is 5.08. The molecule has 4 heteroatoms. The molecule has 0 spiro atoms. The highest BCUT2D eigenvalue weighted by Crippen LogP contribution is 2.21. The van der Waals surface area contributed by atoms with Crippen LogP contribution in [0.5, 0.6) is 0 Å². The summed E-state index contributed by atoms with van der Waals surface area (Å²) in [4.78, 5) is 0. The van der Waals surface area contributed by atoms with Crippen molar-refractivity contribution in [1.29, 1.82) is 0 Å². The monoisotopic (exact) mass is 188 g/mol.